The highest BCUT2D eigenvalue weighted by atomic mass is 35.7. The van der Waals surface area contributed by atoms with Crippen LogP contribution in [0.3, 0.4) is 0 Å². The maximum atomic E-state index is 11.7. The van der Waals surface area contributed by atoms with Gasteiger partial charge in [-0.15, -0.1) is 0 Å². The number of nitro groups is 1. The number of halogens is 1. The molecule has 98 valence electrons. The van der Waals surface area contributed by atoms with Crippen LogP contribution in [0.2, 0.25) is 0 Å². The number of hydrogen-bond acceptors (Lipinski definition) is 6. The van der Waals surface area contributed by atoms with E-state index in [0.29, 0.717) is 0 Å². The third-order valence-electron chi connectivity index (χ3n) is 2.60. The number of non-ortho nitro benzene ring substituents is 1. The molecule has 0 unspecified atom stereocenters. The second kappa shape index (κ2) is 3.90. The van der Waals surface area contributed by atoms with E-state index >= 15 is 0 Å². The van der Waals surface area contributed by atoms with Gasteiger partial charge in [0.2, 0.25) is 9.05 Å². The molecule has 1 heterocycles. The van der Waals surface area contributed by atoms with Gasteiger partial charge in [-0.1, -0.05) is 0 Å². The molecular weight excluding hydrogens is 306 g/mol. The summed E-state index contributed by atoms with van der Waals surface area (Å²) in [5.74, 6) is -0.685. The lowest BCUT2D eigenvalue weighted by Gasteiger charge is -2.04. The first-order valence-electron chi connectivity index (χ1n) is 4.57. The van der Waals surface area contributed by atoms with Crippen molar-refractivity contribution in [3.63, 3.8) is 0 Å². The van der Waals surface area contributed by atoms with E-state index in [1.807, 2.05) is 0 Å². The molecule has 18 heavy (non-hydrogen) atoms. The van der Waals surface area contributed by atoms with Gasteiger partial charge in [-0.25, -0.2) is 16.8 Å². The molecule has 0 N–H and O–H groups in total. The summed E-state index contributed by atoms with van der Waals surface area (Å²) in [4.78, 5) is 9.46. The summed E-state index contributed by atoms with van der Waals surface area (Å²) in [5.41, 5.74) is -0.430. The van der Waals surface area contributed by atoms with Crippen molar-refractivity contribution in [2.24, 2.45) is 0 Å². The molecule has 7 nitrogen and oxygen atoms in total. The summed E-state index contributed by atoms with van der Waals surface area (Å²) in [7, 11) is -2.79. The Balaban J connectivity index is 2.72. The Morgan fingerprint density at radius 3 is 2.50 bits per heavy atom. The molecule has 0 saturated heterocycles. The predicted octanol–water partition coefficient (Wildman–Crippen LogP) is 0.992. The summed E-state index contributed by atoms with van der Waals surface area (Å²) < 4.78 is 46.0. The van der Waals surface area contributed by atoms with E-state index in [1.165, 1.54) is 0 Å². The summed E-state index contributed by atoms with van der Waals surface area (Å²) in [6.07, 6.45) is 0. The minimum atomic E-state index is -4.10. The van der Waals surface area contributed by atoms with Crippen LogP contribution < -0.4 is 0 Å². The maximum Gasteiger partial charge on any atom is 0.270 e. The predicted molar refractivity (Wildman–Crippen MR) is 62.7 cm³/mol. The third kappa shape index (κ3) is 2.08. The van der Waals surface area contributed by atoms with Gasteiger partial charge in [-0.05, 0) is 11.6 Å². The number of rotatable bonds is 2. The second-order valence-electron chi connectivity index (χ2n) is 3.72. The van der Waals surface area contributed by atoms with E-state index in [4.69, 9.17) is 10.7 Å². The first kappa shape index (κ1) is 13.2. The topological polar surface area (TPSA) is 111 Å². The Kier molecular flexibility index (Phi) is 2.87. The first-order chi connectivity index (χ1) is 8.13. The van der Waals surface area contributed by atoms with E-state index in [0.717, 1.165) is 18.2 Å². The summed E-state index contributed by atoms with van der Waals surface area (Å²) in [6.45, 7) is 0. The molecule has 10 heteroatoms. The zero-order valence-electron chi connectivity index (χ0n) is 8.61. The van der Waals surface area contributed by atoms with Crippen molar-refractivity contribution in [3.05, 3.63) is 33.9 Å². The highest BCUT2D eigenvalue weighted by Crippen LogP contribution is 2.41. The number of benzene rings is 1. The molecule has 1 aromatic carbocycles. The van der Waals surface area contributed by atoms with Crippen LogP contribution in [-0.2, 0) is 18.9 Å². The molecule has 2 rings (SSSR count). The largest absolute Gasteiger partial charge is 0.270 e. The fourth-order valence-electron chi connectivity index (χ4n) is 1.78. The zero-order valence-corrected chi connectivity index (χ0v) is 11.0. The molecule has 1 aliphatic heterocycles. The molecule has 1 aliphatic rings. The van der Waals surface area contributed by atoms with Crippen LogP contribution >= 0.6 is 10.7 Å². The molecule has 0 aromatic heterocycles. The number of hydrogen-bond donors (Lipinski definition) is 0. The maximum absolute atomic E-state index is 11.7. The normalized spacial score (nSPS) is 21.5. The highest BCUT2D eigenvalue weighted by molar-refractivity contribution is 8.14. The fraction of sp³-hybridized carbons (Fsp3) is 0.250. The van der Waals surface area contributed by atoms with Gasteiger partial charge in [-0.3, -0.25) is 10.1 Å². The Bertz CT molecular complexity index is 739. The van der Waals surface area contributed by atoms with Gasteiger partial charge in [0.1, 0.15) is 5.25 Å². The average molecular weight is 312 g/mol. The van der Waals surface area contributed by atoms with Crippen LogP contribution in [0.5, 0.6) is 0 Å². The van der Waals surface area contributed by atoms with E-state index in [-0.39, 0.29) is 10.5 Å². The Hall–Kier alpha value is -1.19. The van der Waals surface area contributed by atoms with Crippen molar-refractivity contribution in [1.82, 2.24) is 0 Å². The Morgan fingerprint density at radius 2 is 2.00 bits per heavy atom. The van der Waals surface area contributed by atoms with Gasteiger partial charge in [0.05, 0.1) is 15.6 Å². The minimum absolute atomic E-state index is 0.0180. The van der Waals surface area contributed by atoms with Crippen molar-refractivity contribution >= 4 is 35.3 Å². The van der Waals surface area contributed by atoms with Crippen molar-refractivity contribution < 1.29 is 21.8 Å². The molecule has 0 fully saturated rings. The number of sulfone groups is 1. The molecule has 1 atom stereocenters. The number of nitrogens with zero attached hydrogens (tertiary/aromatic N) is 1. The van der Waals surface area contributed by atoms with Crippen LogP contribution in [0.15, 0.2) is 23.1 Å². The number of nitro benzene ring substituents is 1. The van der Waals surface area contributed by atoms with E-state index in [1.54, 1.807) is 0 Å². The molecule has 0 saturated carbocycles. The monoisotopic (exact) mass is 311 g/mol. The highest BCUT2D eigenvalue weighted by Gasteiger charge is 2.42. The van der Waals surface area contributed by atoms with Gasteiger partial charge in [0, 0.05) is 22.8 Å². The van der Waals surface area contributed by atoms with E-state index in [2.05, 4.69) is 0 Å². The van der Waals surface area contributed by atoms with Crippen LogP contribution in [0.1, 0.15) is 10.8 Å². The SMILES string of the molecule is O=[N+]([O-])c1ccc2c(c1)S(=O)(=O)C[C@H]2S(=O)(=O)Cl. The molecule has 0 aliphatic carbocycles. The van der Waals surface area contributed by atoms with Gasteiger partial charge in [-0.2, -0.15) is 0 Å². The second-order valence-corrected chi connectivity index (χ2v) is 8.54. The van der Waals surface area contributed by atoms with Crippen LogP contribution in [-0.4, -0.2) is 27.5 Å². The smallest absolute Gasteiger partial charge is 0.258 e. The summed E-state index contributed by atoms with van der Waals surface area (Å²) >= 11 is 0. The van der Waals surface area contributed by atoms with Crippen LogP contribution in [0.4, 0.5) is 5.69 Å². The minimum Gasteiger partial charge on any atom is -0.258 e. The van der Waals surface area contributed by atoms with Gasteiger partial charge >= 0.3 is 0 Å². The lowest BCUT2D eigenvalue weighted by molar-refractivity contribution is -0.385. The lowest BCUT2D eigenvalue weighted by atomic mass is 10.1. The molecule has 0 amide bonds. The van der Waals surface area contributed by atoms with Crippen molar-refractivity contribution in [3.8, 4) is 0 Å². The third-order valence-corrected chi connectivity index (χ3v) is 6.35. The van der Waals surface area contributed by atoms with Gasteiger partial charge in [0.25, 0.3) is 5.69 Å². The van der Waals surface area contributed by atoms with Crippen LogP contribution in [0.25, 0.3) is 0 Å². The van der Waals surface area contributed by atoms with Crippen molar-refractivity contribution in [2.75, 3.05) is 5.75 Å². The Morgan fingerprint density at radius 1 is 1.39 bits per heavy atom. The van der Waals surface area contributed by atoms with Crippen LogP contribution in [0, 0.1) is 10.1 Å². The summed E-state index contributed by atoms with van der Waals surface area (Å²) in [6, 6.07) is 3.02. The van der Waals surface area contributed by atoms with Crippen molar-refractivity contribution in [1.29, 1.82) is 0 Å². The number of fused-ring (bicyclic) bond motifs is 1. The van der Waals surface area contributed by atoms with E-state index < -0.39 is 40.5 Å². The molecule has 0 radical (unpaired) electrons. The van der Waals surface area contributed by atoms with Crippen molar-refractivity contribution in [2.45, 2.75) is 10.1 Å². The van der Waals surface area contributed by atoms with E-state index in [9.17, 15) is 26.9 Å². The van der Waals surface area contributed by atoms with Gasteiger partial charge in [0.15, 0.2) is 9.84 Å². The first-order valence-corrected chi connectivity index (χ1v) is 8.60. The lowest BCUT2D eigenvalue weighted by Crippen LogP contribution is -2.09. The Labute approximate surface area is 107 Å². The molecular formula is C8H6ClNO6S2. The zero-order chi connectivity index (χ0) is 13.7. The van der Waals surface area contributed by atoms with Gasteiger partial charge < -0.3 is 0 Å². The quantitative estimate of drug-likeness (QED) is 0.457. The molecule has 1 aromatic rings. The fourth-order valence-corrected chi connectivity index (χ4v) is 5.93. The molecule has 0 bridgehead atoms. The average Bonchev–Trinajstić information content (AvgIpc) is 2.50. The summed E-state index contributed by atoms with van der Waals surface area (Å²) in [5, 5.41) is 9.18. The standard InChI is InChI=1S/C8H6ClNO6S2/c9-18(15,16)8-4-17(13,14)7-3-5(10(11)12)1-2-6(7)8/h1-3,8H,4H2/t8-/m1/s1. The molecule has 0 spiro atoms.